The smallest absolute Gasteiger partial charge is 0.146 e. The number of furan rings is 1. The van der Waals surface area contributed by atoms with Gasteiger partial charge >= 0.3 is 0 Å². The van der Waals surface area contributed by atoms with E-state index >= 15 is 0 Å². The summed E-state index contributed by atoms with van der Waals surface area (Å²) in [6, 6.07) is 9.77. The molecule has 1 fully saturated rings. The third kappa shape index (κ3) is 3.45. The van der Waals surface area contributed by atoms with Crippen LogP contribution in [-0.4, -0.2) is 12.6 Å². The Morgan fingerprint density at radius 3 is 2.81 bits per heavy atom. The molecule has 0 saturated heterocycles. The first-order valence-corrected chi connectivity index (χ1v) is 7.56. The molecule has 0 unspecified atom stereocenters. The van der Waals surface area contributed by atoms with Gasteiger partial charge in [0.25, 0.3) is 0 Å². The molecule has 1 aromatic carbocycles. The molecule has 3 rings (SSSR count). The van der Waals surface area contributed by atoms with Crippen molar-refractivity contribution in [2.75, 3.05) is 11.4 Å². The Balaban J connectivity index is 1.79. The van der Waals surface area contributed by atoms with Crippen molar-refractivity contribution in [2.24, 2.45) is 0 Å². The van der Waals surface area contributed by atoms with Gasteiger partial charge in [0, 0.05) is 12.6 Å². The predicted octanol–water partition coefficient (Wildman–Crippen LogP) is 3.70. The Labute approximate surface area is 124 Å². The van der Waals surface area contributed by atoms with Crippen LogP contribution in [0.4, 0.5) is 10.1 Å². The van der Waals surface area contributed by atoms with Crippen LogP contribution in [0.15, 0.2) is 41.0 Å². The fourth-order valence-electron chi connectivity index (χ4n) is 2.53. The number of benzene rings is 1. The van der Waals surface area contributed by atoms with Crippen molar-refractivity contribution < 1.29 is 8.81 Å². The zero-order chi connectivity index (χ0) is 14.7. The van der Waals surface area contributed by atoms with Crippen molar-refractivity contribution in [1.82, 2.24) is 5.32 Å². The van der Waals surface area contributed by atoms with Gasteiger partial charge in [0.15, 0.2) is 0 Å². The molecule has 1 heterocycles. The van der Waals surface area contributed by atoms with Crippen LogP contribution >= 0.6 is 0 Å². The molecule has 0 radical (unpaired) electrons. The molecule has 112 valence electrons. The molecule has 1 N–H and O–H groups in total. The maximum atomic E-state index is 14.4. The highest BCUT2D eigenvalue weighted by Crippen LogP contribution is 2.34. The minimum atomic E-state index is -0.149. The minimum absolute atomic E-state index is 0.149. The summed E-state index contributed by atoms with van der Waals surface area (Å²) in [5.41, 5.74) is 1.65. The van der Waals surface area contributed by atoms with Gasteiger partial charge in [0.2, 0.25) is 0 Å². The van der Waals surface area contributed by atoms with Crippen molar-refractivity contribution in [3.63, 3.8) is 0 Å². The lowest BCUT2D eigenvalue weighted by Crippen LogP contribution is -2.26. The minimum Gasteiger partial charge on any atom is -0.467 e. The Morgan fingerprint density at radius 2 is 2.19 bits per heavy atom. The maximum absolute atomic E-state index is 14.4. The SMILES string of the molecule is CCNCc1ccc(N(Cc2ccco2)C2CC2)c(F)c1. The summed E-state index contributed by atoms with van der Waals surface area (Å²) in [6.07, 6.45) is 3.91. The van der Waals surface area contributed by atoms with Crippen LogP contribution in [0, 0.1) is 5.82 Å². The number of rotatable bonds is 7. The van der Waals surface area contributed by atoms with Gasteiger partial charge < -0.3 is 14.6 Å². The van der Waals surface area contributed by atoms with Crippen LogP contribution in [-0.2, 0) is 13.1 Å². The van der Waals surface area contributed by atoms with E-state index in [2.05, 4.69) is 10.2 Å². The topological polar surface area (TPSA) is 28.4 Å². The summed E-state index contributed by atoms with van der Waals surface area (Å²) in [7, 11) is 0. The van der Waals surface area contributed by atoms with Gasteiger partial charge in [-0.05, 0) is 49.2 Å². The summed E-state index contributed by atoms with van der Waals surface area (Å²) < 4.78 is 19.9. The van der Waals surface area contributed by atoms with Crippen molar-refractivity contribution >= 4 is 5.69 Å². The molecule has 0 bridgehead atoms. The fourth-order valence-corrected chi connectivity index (χ4v) is 2.53. The van der Waals surface area contributed by atoms with E-state index in [1.54, 1.807) is 12.3 Å². The van der Waals surface area contributed by atoms with Crippen molar-refractivity contribution in [3.05, 3.63) is 53.7 Å². The summed E-state index contributed by atoms with van der Waals surface area (Å²) in [5.74, 6) is 0.724. The van der Waals surface area contributed by atoms with Gasteiger partial charge in [-0.25, -0.2) is 4.39 Å². The molecule has 4 heteroatoms. The third-order valence-electron chi connectivity index (χ3n) is 3.79. The maximum Gasteiger partial charge on any atom is 0.146 e. The van der Waals surface area contributed by atoms with Gasteiger partial charge in [-0.1, -0.05) is 13.0 Å². The number of hydrogen-bond acceptors (Lipinski definition) is 3. The Kier molecular flexibility index (Phi) is 4.25. The van der Waals surface area contributed by atoms with Gasteiger partial charge in [0.05, 0.1) is 18.5 Å². The summed E-state index contributed by atoms with van der Waals surface area (Å²) in [4.78, 5) is 2.12. The van der Waals surface area contributed by atoms with Gasteiger partial charge in [0.1, 0.15) is 11.6 Å². The number of nitrogens with zero attached hydrogens (tertiary/aromatic N) is 1. The first-order chi connectivity index (χ1) is 10.3. The number of nitrogens with one attached hydrogen (secondary N) is 1. The molecule has 1 aromatic heterocycles. The van der Waals surface area contributed by atoms with Crippen LogP contribution < -0.4 is 10.2 Å². The van der Waals surface area contributed by atoms with E-state index in [9.17, 15) is 4.39 Å². The Morgan fingerprint density at radius 1 is 1.33 bits per heavy atom. The first-order valence-electron chi connectivity index (χ1n) is 7.56. The molecular weight excluding hydrogens is 267 g/mol. The van der Waals surface area contributed by atoms with E-state index < -0.39 is 0 Å². The van der Waals surface area contributed by atoms with Crippen LogP contribution in [0.3, 0.4) is 0 Å². The second-order valence-corrected chi connectivity index (χ2v) is 5.50. The van der Waals surface area contributed by atoms with Crippen LogP contribution in [0.5, 0.6) is 0 Å². The lowest BCUT2D eigenvalue weighted by molar-refractivity contribution is 0.498. The monoisotopic (exact) mass is 288 g/mol. The molecule has 3 nitrogen and oxygen atoms in total. The molecule has 21 heavy (non-hydrogen) atoms. The van der Waals surface area contributed by atoms with Gasteiger partial charge in [-0.15, -0.1) is 0 Å². The molecular formula is C17H21FN2O. The Bertz CT molecular complexity index is 578. The van der Waals surface area contributed by atoms with Crippen LogP contribution in [0.1, 0.15) is 31.1 Å². The highest BCUT2D eigenvalue weighted by atomic mass is 19.1. The summed E-state index contributed by atoms with van der Waals surface area (Å²) in [5, 5.41) is 3.22. The summed E-state index contributed by atoms with van der Waals surface area (Å²) >= 11 is 0. The van der Waals surface area contributed by atoms with Crippen LogP contribution in [0.25, 0.3) is 0 Å². The number of hydrogen-bond donors (Lipinski definition) is 1. The average Bonchev–Trinajstić information content (AvgIpc) is 3.20. The molecule has 0 atom stereocenters. The zero-order valence-electron chi connectivity index (χ0n) is 12.3. The highest BCUT2D eigenvalue weighted by Gasteiger charge is 2.31. The normalized spacial score (nSPS) is 14.4. The predicted molar refractivity (Wildman–Crippen MR) is 81.7 cm³/mol. The third-order valence-corrected chi connectivity index (χ3v) is 3.79. The molecule has 1 aliphatic carbocycles. The van der Waals surface area contributed by atoms with E-state index in [0.29, 0.717) is 24.8 Å². The second-order valence-electron chi connectivity index (χ2n) is 5.50. The molecule has 1 saturated carbocycles. The Hall–Kier alpha value is -1.81. The zero-order valence-corrected chi connectivity index (χ0v) is 12.3. The van der Waals surface area contributed by atoms with E-state index in [-0.39, 0.29) is 5.82 Å². The van der Waals surface area contributed by atoms with Crippen molar-refractivity contribution in [3.8, 4) is 0 Å². The average molecular weight is 288 g/mol. The first kappa shape index (κ1) is 14.1. The fraction of sp³-hybridized carbons (Fsp3) is 0.412. The molecule has 2 aromatic rings. The van der Waals surface area contributed by atoms with Gasteiger partial charge in [-0.3, -0.25) is 0 Å². The summed E-state index contributed by atoms with van der Waals surface area (Å²) in [6.45, 7) is 4.26. The largest absolute Gasteiger partial charge is 0.467 e. The van der Waals surface area contributed by atoms with E-state index in [1.165, 1.54) is 0 Å². The second kappa shape index (κ2) is 6.31. The van der Waals surface area contributed by atoms with E-state index in [4.69, 9.17) is 4.42 Å². The molecule has 1 aliphatic rings. The van der Waals surface area contributed by atoms with E-state index in [0.717, 1.165) is 30.7 Å². The lowest BCUT2D eigenvalue weighted by Gasteiger charge is -2.24. The van der Waals surface area contributed by atoms with Crippen molar-refractivity contribution in [2.45, 2.75) is 38.9 Å². The van der Waals surface area contributed by atoms with Crippen molar-refractivity contribution in [1.29, 1.82) is 0 Å². The number of halogens is 1. The number of anilines is 1. The highest BCUT2D eigenvalue weighted by molar-refractivity contribution is 5.51. The molecule has 0 amide bonds. The standard InChI is InChI=1S/C17H21FN2O/c1-2-19-11-13-5-8-17(16(18)10-13)20(14-6-7-14)12-15-4-3-9-21-15/h3-5,8-10,14,19H,2,6-7,11-12H2,1H3. The quantitative estimate of drug-likeness (QED) is 0.842. The lowest BCUT2D eigenvalue weighted by atomic mass is 10.1. The van der Waals surface area contributed by atoms with E-state index in [1.807, 2.05) is 31.2 Å². The molecule has 0 spiro atoms. The van der Waals surface area contributed by atoms with Gasteiger partial charge in [-0.2, -0.15) is 0 Å². The molecule has 0 aliphatic heterocycles. The van der Waals surface area contributed by atoms with Crippen LogP contribution in [0.2, 0.25) is 0 Å².